The van der Waals surface area contributed by atoms with Crippen molar-refractivity contribution in [2.45, 2.75) is 51.9 Å². The predicted octanol–water partition coefficient (Wildman–Crippen LogP) is 6.30. The highest BCUT2D eigenvalue weighted by Crippen LogP contribution is 2.36. The smallest absolute Gasteiger partial charge is 0.193 e. The Hall–Kier alpha value is -2.22. The molecule has 0 amide bonds. The fraction of sp³-hybridized carbons (Fsp3) is 0.391. The lowest BCUT2D eigenvalue weighted by atomic mass is 10.2. The van der Waals surface area contributed by atoms with E-state index in [-0.39, 0.29) is 11.1 Å². The van der Waals surface area contributed by atoms with Crippen molar-refractivity contribution in [3.8, 4) is 23.3 Å². The third-order valence-corrected chi connectivity index (χ3v) is 9.34. The fourth-order valence-electron chi connectivity index (χ4n) is 2.19. The number of hydrogen-bond acceptors (Lipinski definition) is 3. The summed E-state index contributed by atoms with van der Waals surface area (Å²) in [4.78, 5) is 0. The van der Waals surface area contributed by atoms with Crippen LogP contribution in [0.1, 0.15) is 27.7 Å². The van der Waals surface area contributed by atoms with Crippen LogP contribution in [0.25, 0.3) is 0 Å². The van der Waals surface area contributed by atoms with E-state index in [9.17, 15) is 0 Å². The highest BCUT2D eigenvalue weighted by molar-refractivity contribution is 6.74. The van der Waals surface area contributed by atoms with E-state index in [0.717, 1.165) is 17.2 Å². The van der Waals surface area contributed by atoms with Crippen LogP contribution in [0, 0.1) is 11.8 Å². The molecule has 0 radical (unpaired) electrons. The van der Waals surface area contributed by atoms with Crippen LogP contribution < -0.4 is 10.1 Å². The Bertz CT molecular complexity index is 785. The van der Waals surface area contributed by atoms with Gasteiger partial charge in [0.05, 0.1) is 18.3 Å². The van der Waals surface area contributed by atoms with Gasteiger partial charge in [0.2, 0.25) is 0 Å². The van der Waals surface area contributed by atoms with Crippen LogP contribution in [0.2, 0.25) is 18.1 Å². The first-order valence-corrected chi connectivity index (χ1v) is 12.3. The van der Waals surface area contributed by atoms with E-state index in [2.05, 4.69) is 51.0 Å². The lowest BCUT2D eigenvalue weighted by molar-refractivity contribution is 0.334. The van der Waals surface area contributed by atoms with E-state index in [1.807, 2.05) is 61.5 Å². The molecule has 0 spiro atoms. The first-order valence-electron chi connectivity index (χ1n) is 9.40. The summed E-state index contributed by atoms with van der Waals surface area (Å²) in [7, 11) is -1.75. The minimum Gasteiger partial charge on any atom is -0.455 e. The molecule has 2 rings (SSSR count). The second kappa shape index (κ2) is 9.12. The third kappa shape index (κ3) is 6.46. The molecule has 0 saturated carbocycles. The summed E-state index contributed by atoms with van der Waals surface area (Å²) in [5.41, 5.74) is 0.925. The maximum Gasteiger partial charge on any atom is 0.193 e. The molecule has 2 aromatic carbocycles. The highest BCUT2D eigenvalue weighted by Gasteiger charge is 2.36. The van der Waals surface area contributed by atoms with Gasteiger partial charge in [0.25, 0.3) is 0 Å². The molecular weight excluding hydrogens is 350 g/mol. The van der Waals surface area contributed by atoms with Crippen LogP contribution in [0.15, 0.2) is 54.6 Å². The Morgan fingerprint density at radius 1 is 1.00 bits per heavy atom. The molecule has 1 atom stereocenters. The van der Waals surface area contributed by atoms with Crippen molar-refractivity contribution in [1.82, 2.24) is 0 Å². The van der Waals surface area contributed by atoms with Gasteiger partial charge >= 0.3 is 0 Å². The molecule has 27 heavy (non-hydrogen) atoms. The average Bonchev–Trinajstić information content (AvgIpc) is 2.60. The molecule has 2 aromatic rings. The molecule has 1 N–H and O–H groups in total. The first kappa shape index (κ1) is 21.1. The molecule has 0 heterocycles. The summed E-state index contributed by atoms with van der Waals surface area (Å²) < 4.78 is 12.1. The van der Waals surface area contributed by atoms with Gasteiger partial charge in [0, 0.05) is 0 Å². The molecule has 0 saturated heterocycles. The highest BCUT2D eigenvalue weighted by atomic mass is 28.4. The minimum absolute atomic E-state index is 0.00598. The van der Waals surface area contributed by atoms with Gasteiger partial charge < -0.3 is 14.5 Å². The molecule has 0 aliphatic heterocycles. The quantitative estimate of drug-likeness (QED) is 0.470. The van der Waals surface area contributed by atoms with Gasteiger partial charge in [-0.15, -0.1) is 0 Å². The van der Waals surface area contributed by atoms with E-state index in [1.54, 1.807) is 0 Å². The molecule has 0 bridgehead atoms. The van der Waals surface area contributed by atoms with Gasteiger partial charge in [-0.3, -0.25) is 0 Å². The van der Waals surface area contributed by atoms with Crippen molar-refractivity contribution in [3.63, 3.8) is 0 Å². The van der Waals surface area contributed by atoms with Crippen LogP contribution in [0.5, 0.6) is 11.5 Å². The largest absolute Gasteiger partial charge is 0.455 e. The minimum atomic E-state index is -1.75. The lowest BCUT2D eigenvalue weighted by Gasteiger charge is -2.35. The molecule has 0 aliphatic rings. The van der Waals surface area contributed by atoms with E-state index in [1.165, 1.54) is 0 Å². The Balaban J connectivity index is 1.96. The molecule has 0 unspecified atom stereocenters. The number of benzene rings is 2. The van der Waals surface area contributed by atoms with Gasteiger partial charge in [-0.25, -0.2) is 0 Å². The Morgan fingerprint density at radius 2 is 1.63 bits per heavy atom. The molecule has 0 aliphatic carbocycles. The van der Waals surface area contributed by atoms with Gasteiger partial charge in [-0.05, 0) is 49.3 Å². The van der Waals surface area contributed by atoms with Crippen LogP contribution in [0.3, 0.4) is 0 Å². The Labute approximate surface area is 165 Å². The number of para-hydroxylation sites is 3. The SMILES string of the molecule is C[C@@H](C#CCO[Si](C)(C)C(C)(C)C)Nc1ccccc1Oc1ccccc1. The van der Waals surface area contributed by atoms with Crippen molar-refractivity contribution in [3.05, 3.63) is 54.6 Å². The standard InChI is InChI=1S/C23H31NO2Si/c1-19(13-12-18-25-27(5,6)23(2,3)4)24-21-16-10-11-17-22(21)26-20-14-8-7-9-15-20/h7-11,14-17,19,24H,18H2,1-6H3/t19-/m0/s1. The monoisotopic (exact) mass is 381 g/mol. The third-order valence-electron chi connectivity index (χ3n) is 4.86. The van der Waals surface area contributed by atoms with E-state index >= 15 is 0 Å². The second-order valence-electron chi connectivity index (χ2n) is 8.15. The van der Waals surface area contributed by atoms with Crippen LogP contribution in [-0.2, 0) is 4.43 Å². The van der Waals surface area contributed by atoms with Crippen LogP contribution in [-0.4, -0.2) is 21.0 Å². The summed E-state index contributed by atoms with van der Waals surface area (Å²) >= 11 is 0. The zero-order valence-corrected chi connectivity index (χ0v) is 18.3. The summed E-state index contributed by atoms with van der Waals surface area (Å²) in [6.45, 7) is 13.7. The normalized spacial score (nSPS) is 12.7. The summed E-state index contributed by atoms with van der Waals surface area (Å²) in [6.07, 6.45) is 0. The molecule has 0 fully saturated rings. The van der Waals surface area contributed by atoms with Crippen molar-refractivity contribution in [2.24, 2.45) is 0 Å². The van der Waals surface area contributed by atoms with Crippen LogP contribution >= 0.6 is 0 Å². The van der Waals surface area contributed by atoms with Crippen molar-refractivity contribution < 1.29 is 9.16 Å². The summed E-state index contributed by atoms with van der Waals surface area (Å²) in [5.74, 6) is 7.99. The molecule has 0 aromatic heterocycles. The zero-order valence-electron chi connectivity index (χ0n) is 17.3. The molecule has 144 valence electrons. The second-order valence-corrected chi connectivity index (χ2v) is 13.0. The van der Waals surface area contributed by atoms with Gasteiger partial charge in [-0.1, -0.05) is 62.9 Å². The average molecular weight is 382 g/mol. The van der Waals surface area contributed by atoms with Gasteiger partial charge in [0.15, 0.2) is 14.1 Å². The van der Waals surface area contributed by atoms with Crippen molar-refractivity contribution in [1.29, 1.82) is 0 Å². The lowest BCUT2D eigenvalue weighted by Crippen LogP contribution is -2.40. The number of hydrogen-bond donors (Lipinski definition) is 1. The number of nitrogens with one attached hydrogen (secondary N) is 1. The van der Waals surface area contributed by atoms with E-state index < -0.39 is 8.32 Å². The summed E-state index contributed by atoms with van der Waals surface area (Å²) in [5, 5.41) is 3.62. The van der Waals surface area contributed by atoms with E-state index in [4.69, 9.17) is 9.16 Å². The van der Waals surface area contributed by atoms with Crippen molar-refractivity contribution in [2.75, 3.05) is 11.9 Å². The Morgan fingerprint density at radius 3 is 2.30 bits per heavy atom. The number of anilines is 1. The molecular formula is C23H31NO2Si. The number of ether oxygens (including phenoxy) is 1. The zero-order chi connectivity index (χ0) is 19.9. The maximum atomic E-state index is 6.11. The maximum absolute atomic E-state index is 6.11. The van der Waals surface area contributed by atoms with E-state index in [0.29, 0.717) is 6.61 Å². The molecule has 4 heteroatoms. The van der Waals surface area contributed by atoms with Gasteiger partial charge in [-0.2, -0.15) is 0 Å². The molecule has 3 nitrogen and oxygen atoms in total. The Kier molecular flexibility index (Phi) is 7.12. The number of rotatable bonds is 6. The summed E-state index contributed by atoms with van der Waals surface area (Å²) in [6, 6.07) is 17.7. The first-order chi connectivity index (χ1) is 12.7. The van der Waals surface area contributed by atoms with Crippen molar-refractivity contribution >= 4 is 14.0 Å². The topological polar surface area (TPSA) is 30.5 Å². The predicted molar refractivity (Wildman–Crippen MR) is 117 cm³/mol. The van der Waals surface area contributed by atoms with Crippen LogP contribution in [0.4, 0.5) is 5.69 Å². The van der Waals surface area contributed by atoms with Gasteiger partial charge in [0.1, 0.15) is 5.75 Å². The fourth-order valence-corrected chi connectivity index (χ4v) is 3.05.